The first-order valence-corrected chi connectivity index (χ1v) is 7.30. The Morgan fingerprint density at radius 3 is 3.20 bits per heavy atom. The van der Waals surface area contributed by atoms with Crippen LogP contribution in [-0.2, 0) is 9.47 Å². The Balaban J connectivity index is 1.62. The molecule has 110 valence electrons. The smallest absolute Gasteiger partial charge is 0.138 e. The number of methoxy groups -OCH3 is 1. The van der Waals surface area contributed by atoms with Gasteiger partial charge in [0, 0.05) is 32.4 Å². The topological polar surface area (TPSA) is 43.8 Å². The molecule has 20 heavy (non-hydrogen) atoms. The molecule has 2 aliphatic rings. The van der Waals surface area contributed by atoms with E-state index < -0.39 is 0 Å². The van der Waals surface area contributed by atoms with Gasteiger partial charge in [0.25, 0.3) is 0 Å². The lowest BCUT2D eigenvalue weighted by atomic mass is 10.1. The average Bonchev–Trinajstić information content (AvgIpc) is 2.90. The van der Waals surface area contributed by atoms with Crippen LogP contribution in [0.3, 0.4) is 0 Å². The standard InChI is InChI=1S/C15H22N2O3/c1-18-9-7-17-8-10-19-15-13(17)4-5-14(15)20-12-3-2-6-16-11-12/h2-3,6,11,13-15H,4-5,7-10H2,1H3/t13-,14-,15+/m0/s1. The first-order valence-electron chi connectivity index (χ1n) is 7.30. The summed E-state index contributed by atoms with van der Waals surface area (Å²) in [4.78, 5) is 6.57. The molecule has 3 rings (SSSR count). The molecule has 0 spiro atoms. The summed E-state index contributed by atoms with van der Waals surface area (Å²) in [5, 5.41) is 0. The van der Waals surface area contributed by atoms with Crippen LogP contribution in [0.1, 0.15) is 12.8 Å². The second kappa shape index (κ2) is 6.52. The molecule has 1 saturated heterocycles. The maximum atomic E-state index is 6.05. The van der Waals surface area contributed by atoms with Crippen molar-refractivity contribution in [2.45, 2.75) is 31.1 Å². The lowest BCUT2D eigenvalue weighted by Crippen LogP contribution is -2.52. The van der Waals surface area contributed by atoms with E-state index in [1.165, 1.54) is 0 Å². The van der Waals surface area contributed by atoms with Crippen molar-refractivity contribution in [2.75, 3.05) is 33.4 Å². The number of aromatic nitrogens is 1. The summed E-state index contributed by atoms with van der Waals surface area (Å²) in [6.07, 6.45) is 5.98. The number of morpholine rings is 1. The van der Waals surface area contributed by atoms with E-state index in [0.29, 0.717) is 6.04 Å². The van der Waals surface area contributed by atoms with E-state index in [-0.39, 0.29) is 12.2 Å². The van der Waals surface area contributed by atoms with Crippen LogP contribution in [0.25, 0.3) is 0 Å². The van der Waals surface area contributed by atoms with Crippen LogP contribution in [0, 0.1) is 0 Å². The van der Waals surface area contributed by atoms with Crippen LogP contribution in [0.4, 0.5) is 0 Å². The minimum absolute atomic E-state index is 0.134. The van der Waals surface area contributed by atoms with Gasteiger partial charge in [0.2, 0.25) is 0 Å². The van der Waals surface area contributed by atoms with Crippen LogP contribution in [0.15, 0.2) is 24.5 Å². The SMILES string of the molecule is COCCN1CCO[C@H]2[C@@H](Oc3cccnc3)CC[C@@H]21. The van der Waals surface area contributed by atoms with Gasteiger partial charge in [0.15, 0.2) is 0 Å². The minimum Gasteiger partial charge on any atom is -0.486 e. The van der Waals surface area contributed by atoms with Gasteiger partial charge in [0.1, 0.15) is 18.0 Å². The van der Waals surface area contributed by atoms with Gasteiger partial charge in [0.05, 0.1) is 19.4 Å². The van der Waals surface area contributed by atoms with E-state index in [1.54, 1.807) is 19.5 Å². The normalized spacial score (nSPS) is 30.1. The third kappa shape index (κ3) is 2.95. The van der Waals surface area contributed by atoms with E-state index >= 15 is 0 Å². The fourth-order valence-electron chi connectivity index (χ4n) is 3.20. The van der Waals surface area contributed by atoms with Gasteiger partial charge in [-0.25, -0.2) is 0 Å². The van der Waals surface area contributed by atoms with Crippen molar-refractivity contribution in [3.05, 3.63) is 24.5 Å². The zero-order chi connectivity index (χ0) is 13.8. The summed E-state index contributed by atoms with van der Waals surface area (Å²) in [7, 11) is 1.75. The highest BCUT2D eigenvalue weighted by molar-refractivity contribution is 5.16. The van der Waals surface area contributed by atoms with Gasteiger partial charge in [-0.2, -0.15) is 0 Å². The number of ether oxygens (including phenoxy) is 3. The number of hydrogen-bond donors (Lipinski definition) is 0. The fraction of sp³-hybridized carbons (Fsp3) is 0.667. The van der Waals surface area contributed by atoms with Crippen molar-refractivity contribution >= 4 is 0 Å². The molecule has 1 aromatic heterocycles. The quantitative estimate of drug-likeness (QED) is 0.813. The Bertz CT molecular complexity index is 415. The molecule has 0 radical (unpaired) electrons. The Morgan fingerprint density at radius 1 is 1.45 bits per heavy atom. The van der Waals surface area contributed by atoms with E-state index in [2.05, 4.69) is 9.88 Å². The van der Waals surface area contributed by atoms with Crippen molar-refractivity contribution in [2.24, 2.45) is 0 Å². The lowest BCUT2D eigenvalue weighted by molar-refractivity contribution is -0.0924. The predicted molar refractivity (Wildman–Crippen MR) is 74.9 cm³/mol. The average molecular weight is 278 g/mol. The van der Waals surface area contributed by atoms with Crippen molar-refractivity contribution in [1.29, 1.82) is 0 Å². The summed E-state index contributed by atoms with van der Waals surface area (Å²) in [5.41, 5.74) is 0. The Morgan fingerprint density at radius 2 is 2.40 bits per heavy atom. The van der Waals surface area contributed by atoms with E-state index in [1.807, 2.05) is 12.1 Å². The molecule has 1 aromatic rings. The molecular formula is C15H22N2O3. The highest BCUT2D eigenvalue weighted by Crippen LogP contribution is 2.32. The van der Waals surface area contributed by atoms with Gasteiger partial charge in [-0.3, -0.25) is 9.88 Å². The third-order valence-corrected chi connectivity index (χ3v) is 4.15. The second-order valence-corrected chi connectivity index (χ2v) is 5.35. The zero-order valence-corrected chi connectivity index (χ0v) is 11.9. The Labute approximate surface area is 119 Å². The van der Waals surface area contributed by atoms with Gasteiger partial charge in [-0.15, -0.1) is 0 Å². The largest absolute Gasteiger partial charge is 0.486 e. The van der Waals surface area contributed by atoms with Crippen LogP contribution in [0.2, 0.25) is 0 Å². The highest BCUT2D eigenvalue weighted by Gasteiger charge is 2.43. The van der Waals surface area contributed by atoms with E-state index in [4.69, 9.17) is 14.2 Å². The molecule has 1 aliphatic carbocycles. The molecule has 5 heteroatoms. The van der Waals surface area contributed by atoms with Crippen LogP contribution < -0.4 is 4.74 Å². The van der Waals surface area contributed by atoms with Crippen LogP contribution >= 0.6 is 0 Å². The summed E-state index contributed by atoms with van der Waals surface area (Å²) in [6.45, 7) is 3.51. The molecule has 0 aromatic carbocycles. The Hall–Kier alpha value is -1.17. The number of pyridine rings is 1. The molecule has 0 bridgehead atoms. The van der Waals surface area contributed by atoms with Gasteiger partial charge < -0.3 is 14.2 Å². The van der Waals surface area contributed by atoms with E-state index in [9.17, 15) is 0 Å². The minimum atomic E-state index is 0.134. The highest BCUT2D eigenvalue weighted by atomic mass is 16.5. The molecule has 0 N–H and O–H groups in total. The second-order valence-electron chi connectivity index (χ2n) is 5.35. The number of nitrogens with zero attached hydrogens (tertiary/aromatic N) is 2. The van der Waals surface area contributed by atoms with Crippen molar-refractivity contribution < 1.29 is 14.2 Å². The monoisotopic (exact) mass is 278 g/mol. The van der Waals surface area contributed by atoms with Gasteiger partial charge in [-0.1, -0.05) is 0 Å². The van der Waals surface area contributed by atoms with Crippen molar-refractivity contribution in [3.8, 4) is 5.75 Å². The summed E-state index contributed by atoms with van der Waals surface area (Å²) in [5.74, 6) is 0.829. The molecular weight excluding hydrogens is 256 g/mol. The molecule has 0 amide bonds. The summed E-state index contributed by atoms with van der Waals surface area (Å²) in [6, 6.07) is 4.31. The van der Waals surface area contributed by atoms with Crippen molar-refractivity contribution in [3.63, 3.8) is 0 Å². The predicted octanol–water partition coefficient (Wildman–Crippen LogP) is 1.34. The lowest BCUT2D eigenvalue weighted by Gasteiger charge is -2.38. The first kappa shape index (κ1) is 13.8. The zero-order valence-electron chi connectivity index (χ0n) is 11.9. The summed E-state index contributed by atoms with van der Waals surface area (Å²) < 4.78 is 17.2. The fourth-order valence-corrected chi connectivity index (χ4v) is 3.20. The molecule has 1 aliphatic heterocycles. The first-order chi connectivity index (χ1) is 9.88. The molecule has 3 atom stereocenters. The number of rotatable bonds is 5. The third-order valence-electron chi connectivity index (χ3n) is 4.15. The van der Waals surface area contributed by atoms with Crippen LogP contribution in [-0.4, -0.2) is 61.5 Å². The molecule has 2 fully saturated rings. The summed E-state index contributed by atoms with van der Waals surface area (Å²) >= 11 is 0. The molecule has 5 nitrogen and oxygen atoms in total. The maximum Gasteiger partial charge on any atom is 0.138 e. The Kier molecular flexibility index (Phi) is 4.50. The molecule has 0 unspecified atom stereocenters. The maximum absolute atomic E-state index is 6.05. The van der Waals surface area contributed by atoms with Gasteiger partial charge in [-0.05, 0) is 25.0 Å². The number of hydrogen-bond acceptors (Lipinski definition) is 5. The van der Waals surface area contributed by atoms with Crippen molar-refractivity contribution in [1.82, 2.24) is 9.88 Å². The number of fused-ring (bicyclic) bond motifs is 1. The van der Waals surface area contributed by atoms with Crippen LogP contribution in [0.5, 0.6) is 5.75 Å². The van der Waals surface area contributed by atoms with E-state index in [0.717, 1.165) is 44.9 Å². The van der Waals surface area contributed by atoms with Gasteiger partial charge >= 0.3 is 0 Å². The molecule has 1 saturated carbocycles. The molecule has 2 heterocycles.